The van der Waals surface area contributed by atoms with Crippen LogP contribution in [0.3, 0.4) is 0 Å². The van der Waals surface area contributed by atoms with E-state index in [4.69, 9.17) is 16.6 Å². The number of fused-ring (bicyclic) bond motifs is 1. The van der Waals surface area contributed by atoms with Crippen molar-refractivity contribution in [3.63, 3.8) is 0 Å². The number of carboxylic acids is 2. The first-order valence-corrected chi connectivity index (χ1v) is 10.5. The van der Waals surface area contributed by atoms with Crippen molar-refractivity contribution in [3.05, 3.63) is 59.8 Å². The lowest BCUT2D eigenvalue weighted by atomic mass is 9.92. The largest absolute Gasteiger partial charge is 0.481 e. The lowest BCUT2D eigenvalue weighted by Crippen LogP contribution is -2.41. The number of allylic oxidation sites excluding steroid dienone is 1. The monoisotopic (exact) mass is 466 g/mol. The summed E-state index contributed by atoms with van der Waals surface area (Å²) in [5.74, 6) is -2.54. The van der Waals surface area contributed by atoms with Crippen LogP contribution in [0.2, 0.25) is 0 Å². The Bertz CT molecular complexity index is 1220. The highest BCUT2D eigenvalue weighted by molar-refractivity contribution is 5.96. The van der Waals surface area contributed by atoms with E-state index in [0.29, 0.717) is 24.3 Å². The third-order valence-corrected chi connectivity index (χ3v) is 5.44. The molecule has 2 aromatic heterocycles. The van der Waals surface area contributed by atoms with Crippen LogP contribution in [0.1, 0.15) is 34.3 Å². The highest BCUT2D eigenvalue weighted by Crippen LogP contribution is 2.26. The van der Waals surface area contributed by atoms with E-state index in [-0.39, 0.29) is 30.3 Å². The van der Waals surface area contributed by atoms with Crippen LogP contribution in [0, 0.1) is 5.92 Å². The smallest absolute Gasteiger partial charge is 0.326 e. The second-order valence-electron chi connectivity index (χ2n) is 7.90. The molecule has 34 heavy (non-hydrogen) atoms. The maximum atomic E-state index is 12.4. The highest BCUT2D eigenvalue weighted by Gasteiger charge is 2.22. The molecule has 8 N–H and O–H groups in total. The van der Waals surface area contributed by atoms with Crippen molar-refractivity contribution >= 4 is 40.6 Å². The van der Waals surface area contributed by atoms with Gasteiger partial charge in [-0.2, -0.15) is 9.97 Å². The molecule has 1 amide bonds. The van der Waals surface area contributed by atoms with Gasteiger partial charge in [-0.1, -0.05) is 18.2 Å². The zero-order valence-corrected chi connectivity index (χ0v) is 18.3. The minimum absolute atomic E-state index is 0.0584. The number of nitrogens with one attached hydrogen (secondary N) is 2. The number of hydrogen-bond donors (Lipinski definition) is 6. The SMILES string of the molecule is C=CC(Cc1ccc(C(=O)N[C@@H](CCC(=O)O)C(=O)O)cc1)Cc1c[nH]c2nc(N)nc(N)c12. The first-order chi connectivity index (χ1) is 16.2. The first kappa shape index (κ1) is 24.2. The number of carboxylic acid groups (broad SMARTS) is 2. The van der Waals surface area contributed by atoms with Gasteiger partial charge in [0, 0.05) is 18.2 Å². The van der Waals surface area contributed by atoms with E-state index in [1.54, 1.807) is 24.3 Å². The van der Waals surface area contributed by atoms with E-state index in [1.807, 2.05) is 12.3 Å². The predicted molar refractivity (Wildman–Crippen MR) is 126 cm³/mol. The summed E-state index contributed by atoms with van der Waals surface area (Å²) in [6.45, 7) is 3.92. The summed E-state index contributed by atoms with van der Waals surface area (Å²) in [4.78, 5) is 45.6. The topological polar surface area (TPSA) is 197 Å². The Hall–Kier alpha value is -4.41. The van der Waals surface area contributed by atoms with Crippen molar-refractivity contribution in [1.82, 2.24) is 20.3 Å². The Labute approximate surface area is 194 Å². The number of H-pyrrole nitrogens is 1. The van der Waals surface area contributed by atoms with E-state index in [1.165, 1.54) is 0 Å². The lowest BCUT2D eigenvalue weighted by molar-refractivity contribution is -0.140. The van der Waals surface area contributed by atoms with Gasteiger partial charge in [0.2, 0.25) is 5.95 Å². The third kappa shape index (κ3) is 5.88. The van der Waals surface area contributed by atoms with Crippen molar-refractivity contribution < 1.29 is 24.6 Å². The Morgan fingerprint density at radius 2 is 1.82 bits per heavy atom. The summed E-state index contributed by atoms with van der Waals surface area (Å²) in [6, 6.07) is 5.48. The average Bonchev–Trinajstić information content (AvgIpc) is 3.18. The van der Waals surface area contributed by atoms with Gasteiger partial charge in [-0.05, 0) is 48.4 Å². The first-order valence-electron chi connectivity index (χ1n) is 10.5. The third-order valence-electron chi connectivity index (χ3n) is 5.44. The van der Waals surface area contributed by atoms with Crippen molar-refractivity contribution in [1.29, 1.82) is 0 Å². The fourth-order valence-corrected chi connectivity index (χ4v) is 3.69. The molecule has 0 aliphatic carbocycles. The second kappa shape index (κ2) is 10.5. The summed E-state index contributed by atoms with van der Waals surface area (Å²) in [6.07, 6.45) is 4.37. The summed E-state index contributed by atoms with van der Waals surface area (Å²) in [7, 11) is 0. The second-order valence-corrected chi connectivity index (χ2v) is 7.90. The van der Waals surface area contributed by atoms with E-state index in [2.05, 4.69) is 26.8 Å². The predicted octanol–water partition coefficient (Wildman–Crippen LogP) is 1.76. The molecule has 0 saturated carbocycles. The number of amides is 1. The number of aliphatic carboxylic acids is 2. The standard InChI is InChI=1S/C23H26N6O5/c1-2-12(10-15-11-26-20-18(15)19(24)28-23(25)29-20)9-13-3-5-14(6-4-13)21(32)27-16(22(33)34)7-8-17(30)31/h2-6,11-12,16H,1,7-10H2,(H,27,32)(H,30,31)(H,33,34)(H5,24,25,26,28,29)/t12?,16-/m0/s1. The molecule has 11 nitrogen and oxygen atoms in total. The van der Waals surface area contributed by atoms with Crippen LogP contribution in [0.4, 0.5) is 11.8 Å². The number of nitrogen functional groups attached to an aromatic ring is 2. The van der Waals surface area contributed by atoms with Crippen LogP contribution < -0.4 is 16.8 Å². The molecule has 2 heterocycles. The molecule has 1 unspecified atom stereocenters. The maximum absolute atomic E-state index is 12.4. The van der Waals surface area contributed by atoms with Gasteiger partial charge in [-0.25, -0.2) is 4.79 Å². The highest BCUT2D eigenvalue weighted by atomic mass is 16.4. The van der Waals surface area contributed by atoms with Crippen molar-refractivity contribution in [2.24, 2.45) is 5.92 Å². The normalized spacial score (nSPS) is 12.7. The molecule has 0 saturated heterocycles. The van der Waals surface area contributed by atoms with E-state index in [0.717, 1.165) is 16.5 Å². The Balaban J connectivity index is 1.66. The van der Waals surface area contributed by atoms with Gasteiger partial charge >= 0.3 is 11.9 Å². The van der Waals surface area contributed by atoms with Crippen molar-refractivity contribution in [3.8, 4) is 0 Å². The number of benzene rings is 1. The van der Waals surface area contributed by atoms with Gasteiger partial charge in [0.05, 0.1) is 5.39 Å². The number of anilines is 2. The molecule has 1 aromatic carbocycles. The van der Waals surface area contributed by atoms with Crippen LogP contribution in [0.15, 0.2) is 43.1 Å². The Morgan fingerprint density at radius 1 is 1.12 bits per heavy atom. The van der Waals surface area contributed by atoms with Crippen molar-refractivity contribution in [2.75, 3.05) is 11.5 Å². The van der Waals surface area contributed by atoms with Crippen LogP contribution in [-0.4, -0.2) is 49.1 Å². The summed E-state index contributed by atoms with van der Waals surface area (Å²) >= 11 is 0. The minimum atomic E-state index is -1.29. The Morgan fingerprint density at radius 3 is 2.44 bits per heavy atom. The van der Waals surface area contributed by atoms with Crippen LogP contribution in [-0.2, 0) is 22.4 Å². The summed E-state index contributed by atoms with van der Waals surface area (Å²) in [5, 5.41) is 21.0. The number of rotatable bonds is 11. The molecule has 0 bridgehead atoms. The Kier molecular flexibility index (Phi) is 7.46. The number of aromatic amines is 1. The minimum Gasteiger partial charge on any atom is -0.481 e. The van der Waals surface area contributed by atoms with Gasteiger partial charge in [0.1, 0.15) is 17.5 Å². The van der Waals surface area contributed by atoms with E-state index in [9.17, 15) is 19.5 Å². The number of aromatic nitrogens is 3. The molecule has 0 aliphatic rings. The van der Waals surface area contributed by atoms with Gasteiger partial charge < -0.3 is 32.0 Å². The molecule has 2 atom stereocenters. The molecule has 178 valence electrons. The fourth-order valence-electron chi connectivity index (χ4n) is 3.69. The van der Waals surface area contributed by atoms with Crippen LogP contribution >= 0.6 is 0 Å². The lowest BCUT2D eigenvalue weighted by Gasteiger charge is -2.15. The molecule has 0 spiro atoms. The van der Waals surface area contributed by atoms with E-state index >= 15 is 0 Å². The molecule has 0 aliphatic heterocycles. The molecule has 11 heteroatoms. The zero-order chi connectivity index (χ0) is 24.8. The zero-order valence-electron chi connectivity index (χ0n) is 18.3. The quantitative estimate of drug-likeness (QED) is 0.228. The van der Waals surface area contributed by atoms with Crippen molar-refractivity contribution in [2.45, 2.75) is 31.7 Å². The molecule has 3 rings (SSSR count). The molecule has 0 radical (unpaired) electrons. The maximum Gasteiger partial charge on any atom is 0.326 e. The number of nitrogens with two attached hydrogens (primary N) is 2. The fraction of sp³-hybridized carbons (Fsp3) is 0.261. The van der Waals surface area contributed by atoms with Crippen LogP contribution in [0.25, 0.3) is 11.0 Å². The van der Waals surface area contributed by atoms with E-state index < -0.39 is 23.9 Å². The summed E-state index contributed by atoms with van der Waals surface area (Å²) in [5.41, 5.74) is 14.4. The molecule has 3 aromatic rings. The van der Waals surface area contributed by atoms with Gasteiger partial charge in [-0.15, -0.1) is 6.58 Å². The number of hydrogen-bond acceptors (Lipinski definition) is 7. The average molecular weight is 466 g/mol. The molecule has 0 fully saturated rings. The molecular formula is C23H26N6O5. The molecular weight excluding hydrogens is 440 g/mol. The number of carbonyl (C=O) groups excluding carboxylic acids is 1. The van der Waals surface area contributed by atoms with Crippen LogP contribution in [0.5, 0.6) is 0 Å². The summed E-state index contributed by atoms with van der Waals surface area (Å²) < 4.78 is 0. The number of nitrogens with zero attached hydrogens (tertiary/aromatic N) is 2. The van der Waals surface area contributed by atoms with Gasteiger partial charge in [0.15, 0.2) is 0 Å². The van der Waals surface area contributed by atoms with Gasteiger partial charge in [0.25, 0.3) is 5.91 Å². The number of carbonyl (C=O) groups is 3. The van der Waals surface area contributed by atoms with Gasteiger partial charge in [-0.3, -0.25) is 9.59 Å².